The van der Waals surface area contributed by atoms with E-state index in [1.54, 1.807) is 0 Å². The highest BCUT2D eigenvalue weighted by Crippen LogP contribution is 2.03. The molecule has 0 saturated heterocycles. The predicted octanol–water partition coefficient (Wildman–Crippen LogP) is 2.09. The Labute approximate surface area is 69.4 Å². The molecule has 1 N–H and O–H groups in total. The molecule has 0 rings (SSSR count). The molecule has 0 aliphatic heterocycles. The monoisotopic (exact) mass is 157 g/mol. The van der Waals surface area contributed by atoms with Crippen LogP contribution >= 0.6 is 0 Å². The van der Waals surface area contributed by atoms with E-state index in [0.29, 0.717) is 0 Å². The molecule has 0 aliphatic carbocycles. The predicted molar refractivity (Wildman–Crippen MR) is 47.4 cm³/mol. The Morgan fingerprint density at radius 3 is 2.36 bits per heavy atom. The van der Waals surface area contributed by atoms with Crippen LogP contribution in [0.4, 0.5) is 0 Å². The van der Waals surface area contributed by atoms with E-state index in [4.69, 9.17) is 0 Å². The number of hydrogen-bond acceptors (Lipinski definition) is 1. The van der Waals surface area contributed by atoms with E-state index in [1.807, 2.05) is 0 Å². The van der Waals surface area contributed by atoms with Crippen LogP contribution in [-0.2, 0) is 4.79 Å². The van der Waals surface area contributed by atoms with Crippen molar-refractivity contribution >= 4 is 6.41 Å². The second-order valence-corrected chi connectivity index (χ2v) is 2.84. The summed E-state index contributed by atoms with van der Waals surface area (Å²) in [6.45, 7) is 3.06. The molecule has 0 spiro atoms. The summed E-state index contributed by atoms with van der Waals surface area (Å²) >= 11 is 0. The number of unbranched alkanes of at least 4 members (excludes halogenated alkanes) is 5. The van der Waals surface area contributed by atoms with Crippen LogP contribution in [-0.4, -0.2) is 13.0 Å². The van der Waals surface area contributed by atoms with Crippen LogP contribution in [0.25, 0.3) is 0 Å². The van der Waals surface area contributed by atoms with Crippen molar-refractivity contribution in [2.75, 3.05) is 6.54 Å². The van der Waals surface area contributed by atoms with Gasteiger partial charge in [0.2, 0.25) is 6.41 Å². The molecular formula is C9H19NO. The summed E-state index contributed by atoms with van der Waals surface area (Å²) in [6, 6.07) is 0. The van der Waals surface area contributed by atoms with Crippen LogP contribution < -0.4 is 5.32 Å². The van der Waals surface area contributed by atoms with Crippen LogP contribution in [0.5, 0.6) is 0 Å². The molecule has 0 bridgehead atoms. The number of amides is 1. The molecule has 0 aliphatic rings. The number of carbonyl (C=O) groups is 1. The third-order valence-corrected chi connectivity index (χ3v) is 1.76. The standard InChI is InChI=1S/C9H19NO/c1-2-3-4-5-6-7-8-10-9-11/h9H,2-8H2,1H3,(H,10,11). The lowest BCUT2D eigenvalue weighted by Gasteiger charge is -1.98. The molecule has 0 aromatic rings. The van der Waals surface area contributed by atoms with Gasteiger partial charge in [-0.15, -0.1) is 0 Å². The summed E-state index contributed by atoms with van der Waals surface area (Å²) < 4.78 is 0. The van der Waals surface area contributed by atoms with Crippen LogP contribution in [0.2, 0.25) is 0 Å². The topological polar surface area (TPSA) is 29.1 Å². The smallest absolute Gasteiger partial charge is 0.207 e. The first-order valence-electron chi connectivity index (χ1n) is 4.59. The summed E-state index contributed by atoms with van der Waals surface area (Å²) in [4.78, 5) is 9.83. The maximum atomic E-state index is 9.83. The SMILES string of the molecule is CCCCCCCCNC=O. The molecule has 0 fully saturated rings. The zero-order chi connectivity index (χ0) is 8.36. The van der Waals surface area contributed by atoms with E-state index in [-0.39, 0.29) is 0 Å². The van der Waals surface area contributed by atoms with Gasteiger partial charge in [-0.05, 0) is 6.42 Å². The van der Waals surface area contributed by atoms with Crippen LogP contribution in [0, 0.1) is 0 Å². The van der Waals surface area contributed by atoms with Gasteiger partial charge < -0.3 is 5.32 Å². The molecule has 0 unspecified atom stereocenters. The van der Waals surface area contributed by atoms with Crippen molar-refractivity contribution in [3.8, 4) is 0 Å². The molecule has 0 atom stereocenters. The van der Waals surface area contributed by atoms with E-state index in [0.717, 1.165) is 19.4 Å². The maximum absolute atomic E-state index is 9.83. The van der Waals surface area contributed by atoms with Gasteiger partial charge in [0.15, 0.2) is 0 Å². The second-order valence-electron chi connectivity index (χ2n) is 2.84. The van der Waals surface area contributed by atoms with Gasteiger partial charge in [0, 0.05) is 6.54 Å². The molecule has 0 radical (unpaired) electrons. The molecule has 0 heterocycles. The van der Waals surface area contributed by atoms with Gasteiger partial charge in [0.1, 0.15) is 0 Å². The molecule has 66 valence electrons. The Bertz CT molecular complexity index is 83.6. The van der Waals surface area contributed by atoms with Crippen molar-refractivity contribution in [3.63, 3.8) is 0 Å². The number of hydrogen-bond donors (Lipinski definition) is 1. The lowest BCUT2D eigenvalue weighted by Crippen LogP contribution is -2.11. The molecule has 2 nitrogen and oxygen atoms in total. The normalized spacial score (nSPS) is 9.55. The van der Waals surface area contributed by atoms with Gasteiger partial charge >= 0.3 is 0 Å². The number of nitrogens with one attached hydrogen (secondary N) is 1. The first-order valence-corrected chi connectivity index (χ1v) is 4.59. The lowest BCUT2D eigenvalue weighted by atomic mass is 10.1. The molecule has 1 amide bonds. The molecular weight excluding hydrogens is 138 g/mol. The highest BCUT2D eigenvalue weighted by molar-refractivity contribution is 5.45. The van der Waals surface area contributed by atoms with Crippen molar-refractivity contribution in [3.05, 3.63) is 0 Å². The van der Waals surface area contributed by atoms with Gasteiger partial charge in [0.25, 0.3) is 0 Å². The summed E-state index contributed by atoms with van der Waals surface area (Å²) in [7, 11) is 0. The van der Waals surface area contributed by atoms with Crippen LogP contribution in [0.1, 0.15) is 45.4 Å². The minimum Gasteiger partial charge on any atom is -0.359 e. The van der Waals surface area contributed by atoms with E-state index in [1.165, 1.54) is 32.1 Å². The maximum Gasteiger partial charge on any atom is 0.207 e. The van der Waals surface area contributed by atoms with E-state index >= 15 is 0 Å². The Balaban J connectivity index is 2.74. The van der Waals surface area contributed by atoms with Gasteiger partial charge in [-0.3, -0.25) is 4.79 Å². The molecule has 11 heavy (non-hydrogen) atoms. The highest BCUT2D eigenvalue weighted by atomic mass is 16.1. The van der Waals surface area contributed by atoms with Gasteiger partial charge in [-0.25, -0.2) is 0 Å². The largest absolute Gasteiger partial charge is 0.359 e. The average Bonchev–Trinajstić information content (AvgIpc) is 2.03. The summed E-state index contributed by atoms with van der Waals surface area (Å²) in [5.74, 6) is 0. The Hall–Kier alpha value is -0.530. The molecule has 0 aromatic carbocycles. The molecule has 2 heteroatoms. The zero-order valence-electron chi connectivity index (χ0n) is 7.44. The minimum absolute atomic E-state index is 0.770. The fraction of sp³-hybridized carbons (Fsp3) is 0.889. The van der Waals surface area contributed by atoms with Gasteiger partial charge in [0.05, 0.1) is 0 Å². The fourth-order valence-corrected chi connectivity index (χ4v) is 1.07. The first-order chi connectivity index (χ1) is 5.41. The average molecular weight is 157 g/mol. The van der Waals surface area contributed by atoms with E-state index in [2.05, 4.69) is 12.2 Å². The Morgan fingerprint density at radius 1 is 1.09 bits per heavy atom. The summed E-state index contributed by atoms with van der Waals surface area (Å²) in [5, 5.41) is 2.66. The van der Waals surface area contributed by atoms with Crippen molar-refractivity contribution in [1.82, 2.24) is 5.32 Å². The van der Waals surface area contributed by atoms with Crippen molar-refractivity contribution in [1.29, 1.82) is 0 Å². The summed E-state index contributed by atoms with van der Waals surface area (Å²) in [6.07, 6.45) is 8.45. The van der Waals surface area contributed by atoms with Crippen molar-refractivity contribution < 1.29 is 4.79 Å². The van der Waals surface area contributed by atoms with Crippen LogP contribution in [0.15, 0.2) is 0 Å². The Morgan fingerprint density at radius 2 is 1.73 bits per heavy atom. The number of carbonyl (C=O) groups excluding carboxylic acids is 1. The second kappa shape index (κ2) is 9.47. The van der Waals surface area contributed by atoms with E-state index < -0.39 is 0 Å². The quantitative estimate of drug-likeness (QED) is 0.424. The van der Waals surface area contributed by atoms with E-state index in [9.17, 15) is 4.79 Å². The first kappa shape index (κ1) is 10.5. The highest BCUT2D eigenvalue weighted by Gasteiger charge is 1.88. The number of rotatable bonds is 8. The van der Waals surface area contributed by atoms with Crippen molar-refractivity contribution in [2.24, 2.45) is 0 Å². The summed E-state index contributed by atoms with van der Waals surface area (Å²) in [5.41, 5.74) is 0. The molecule has 0 aromatic heterocycles. The fourth-order valence-electron chi connectivity index (χ4n) is 1.07. The minimum atomic E-state index is 0.770. The van der Waals surface area contributed by atoms with Gasteiger partial charge in [-0.1, -0.05) is 39.0 Å². The molecule has 0 saturated carbocycles. The van der Waals surface area contributed by atoms with Crippen LogP contribution in [0.3, 0.4) is 0 Å². The lowest BCUT2D eigenvalue weighted by molar-refractivity contribution is -0.109. The van der Waals surface area contributed by atoms with Gasteiger partial charge in [-0.2, -0.15) is 0 Å². The third kappa shape index (κ3) is 9.47. The van der Waals surface area contributed by atoms with Crippen molar-refractivity contribution in [2.45, 2.75) is 45.4 Å². The third-order valence-electron chi connectivity index (χ3n) is 1.76. The Kier molecular flexibility index (Phi) is 9.01. The zero-order valence-corrected chi connectivity index (χ0v) is 7.44.